The van der Waals surface area contributed by atoms with E-state index in [1.165, 1.54) is 0 Å². The van der Waals surface area contributed by atoms with Crippen LogP contribution in [0.2, 0.25) is 0 Å². The van der Waals surface area contributed by atoms with Crippen molar-refractivity contribution >= 4 is 0 Å². The van der Waals surface area contributed by atoms with Crippen molar-refractivity contribution in [3.05, 3.63) is 0 Å². The molecule has 0 aromatic carbocycles. The summed E-state index contributed by atoms with van der Waals surface area (Å²) < 4.78 is 21.4. The second-order valence-corrected chi connectivity index (χ2v) is 0.750. The highest BCUT2D eigenvalue weighted by Gasteiger charge is 1.91. The monoisotopic (exact) mass is 97.0 g/mol. The molecule has 0 aliphatic carbocycles. The van der Waals surface area contributed by atoms with Crippen LogP contribution in [-0.4, -0.2) is 23.6 Å². The Morgan fingerprint density at radius 3 is 2.00 bits per heavy atom. The van der Waals surface area contributed by atoms with Crippen LogP contribution in [0, 0.1) is 0 Å². The third-order valence-corrected chi connectivity index (χ3v) is 0.269. The normalized spacial score (nSPS) is 10.0. The highest BCUT2D eigenvalue weighted by molar-refractivity contribution is 4.20. The van der Waals surface area contributed by atoms with Gasteiger partial charge in [-0.3, -0.25) is 0 Å². The third kappa shape index (κ3) is 3.78. The van der Waals surface area contributed by atoms with E-state index in [0.717, 1.165) is 0 Å². The van der Waals surface area contributed by atoms with Crippen molar-refractivity contribution < 1.29 is 14.1 Å². The topological polar surface area (TPSA) is 23.5 Å². The highest BCUT2D eigenvalue weighted by atomic mass is 19.4. The summed E-state index contributed by atoms with van der Waals surface area (Å²) >= 11 is 0. The summed E-state index contributed by atoms with van der Waals surface area (Å²) in [6.07, 6.45) is 0. The SMILES string of the molecule is OCCN(F)F. The van der Waals surface area contributed by atoms with Crippen molar-refractivity contribution in [2.24, 2.45) is 0 Å². The molecule has 0 aromatic heterocycles. The second-order valence-electron chi connectivity index (χ2n) is 0.750. The van der Waals surface area contributed by atoms with Gasteiger partial charge in [-0.05, 0) is 0 Å². The molecule has 6 heavy (non-hydrogen) atoms. The lowest BCUT2D eigenvalue weighted by atomic mass is 10.7. The lowest BCUT2D eigenvalue weighted by Gasteiger charge is -1.90. The van der Waals surface area contributed by atoms with Gasteiger partial charge in [0.05, 0.1) is 13.2 Å². The van der Waals surface area contributed by atoms with Crippen LogP contribution in [0.1, 0.15) is 0 Å². The molecule has 0 amide bonds. The Kier molecular flexibility index (Phi) is 2.88. The van der Waals surface area contributed by atoms with Gasteiger partial charge in [0.25, 0.3) is 0 Å². The van der Waals surface area contributed by atoms with Gasteiger partial charge in [0, 0.05) is 5.34 Å². The zero-order chi connectivity index (χ0) is 4.99. The first-order valence-electron chi connectivity index (χ1n) is 1.47. The van der Waals surface area contributed by atoms with E-state index in [9.17, 15) is 8.96 Å². The summed E-state index contributed by atoms with van der Waals surface area (Å²) in [4.78, 5) is 0. The highest BCUT2D eigenvalue weighted by Crippen LogP contribution is 1.83. The number of aliphatic hydroxyl groups is 1. The van der Waals surface area contributed by atoms with Crippen LogP contribution in [-0.2, 0) is 0 Å². The summed E-state index contributed by atoms with van der Waals surface area (Å²) in [5.74, 6) is 0. The maximum atomic E-state index is 10.7. The van der Waals surface area contributed by atoms with Crippen molar-refractivity contribution in [1.82, 2.24) is 5.34 Å². The maximum absolute atomic E-state index is 10.7. The van der Waals surface area contributed by atoms with Crippen molar-refractivity contribution in [3.63, 3.8) is 0 Å². The van der Waals surface area contributed by atoms with E-state index < -0.39 is 18.5 Å². The van der Waals surface area contributed by atoms with Crippen LogP contribution >= 0.6 is 0 Å². The van der Waals surface area contributed by atoms with Crippen LogP contribution in [0.25, 0.3) is 0 Å². The van der Waals surface area contributed by atoms with E-state index in [4.69, 9.17) is 5.11 Å². The molecule has 0 bridgehead atoms. The molecular weight excluding hydrogens is 92.0 g/mol. The number of halogens is 2. The quantitative estimate of drug-likeness (QED) is 0.492. The van der Waals surface area contributed by atoms with E-state index in [1.54, 1.807) is 0 Å². The minimum Gasteiger partial charge on any atom is -0.395 e. The average Bonchev–Trinajstić information content (AvgIpc) is 1.35. The largest absolute Gasteiger partial charge is 0.395 e. The fourth-order valence-corrected chi connectivity index (χ4v) is 0.0756. The molecule has 0 aromatic rings. The third-order valence-electron chi connectivity index (χ3n) is 0.269. The van der Waals surface area contributed by atoms with Crippen molar-refractivity contribution in [2.75, 3.05) is 13.2 Å². The molecule has 0 unspecified atom stereocenters. The number of hydrogen-bond acceptors (Lipinski definition) is 2. The van der Waals surface area contributed by atoms with E-state index in [1.807, 2.05) is 0 Å². The summed E-state index contributed by atoms with van der Waals surface area (Å²) in [5, 5.41) is 6.65. The molecule has 0 saturated carbocycles. The molecule has 0 saturated heterocycles. The lowest BCUT2D eigenvalue weighted by molar-refractivity contribution is -0.158. The Morgan fingerprint density at radius 2 is 2.00 bits per heavy atom. The molecule has 4 heteroatoms. The van der Waals surface area contributed by atoms with Gasteiger partial charge >= 0.3 is 0 Å². The molecule has 0 atom stereocenters. The van der Waals surface area contributed by atoms with Gasteiger partial charge in [-0.2, -0.15) is 0 Å². The molecule has 0 fully saturated rings. The first-order valence-corrected chi connectivity index (χ1v) is 1.47. The molecule has 0 heterocycles. The predicted octanol–water partition coefficient (Wildman–Crippen LogP) is 0.0497. The summed E-state index contributed by atoms with van der Waals surface area (Å²) in [6.45, 7) is -1.06. The van der Waals surface area contributed by atoms with E-state index >= 15 is 0 Å². The molecule has 0 radical (unpaired) electrons. The minimum absolute atomic E-state index is 0.493. The van der Waals surface area contributed by atoms with E-state index in [2.05, 4.69) is 0 Å². The Hall–Kier alpha value is -0.220. The zero-order valence-electron chi connectivity index (χ0n) is 3.06. The van der Waals surface area contributed by atoms with Crippen LogP contribution < -0.4 is 0 Å². The Morgan fingerprint density at radius 1 is 1.50 bits per heavy atom. The Balaban J connectivity index is 2.63. The Labute approximate surface area is 33.9 Å². The van der Waals surface area contributed by atoms with Crippen LogP contribution in [0.3, 0.4) is 0 Å². The lowest BCUT2D eigenvalue weighted by Crippen LogP contribution is -2.06. The molecule has 1 N–H and O–H groups in total. The fourth-order valence-electron chi connectivity index (χ4n) is 0.0756. The van der Waals surface area contributed by atoms with Crippen LogP contribution in [0.15, 0.2) is 0 Å². The summed E-state index contributed by atoms with van der Waals surface area (Å²) in [6, 6.07) is 0. The molecule has 0 aliphatic heterocycles. The number of rotatable bonds is 2. The number of aliphatic hydroxyl groups excluding tert-OH is 1. The van der Waals surface area contributed by atoms with Gasteiger partial charge in [0.15, 0.2) is 0 Å². The van der Waals surface area contributed by atoms with Gasteiger partial charge < -0.3 is 5.11 Å². The maximum Gasteiger partial charge on any atom is 0.0851 e. The molecule has 38 valence electrons. The average molecular weight is 97.1 g/mol. The van der Waals surface area contributed by atoms with Crippen molar-refractivity contribution in [3.8, 4) is 0 Å². The predicted molar refractivity (Wildman–Crippen MR) is 16.0 cm³/mol. The van der Waals surface area contributed by atoms with E-state index in [-0.39, 0.29) is 0 Å². The van der Waals surface area contributed by atoms with Crippen LogP contribution in [0.5, 0.6) is 0 Å². The Bertz CT molecular complexity index is 32.7. The van der Waals surface area contributed by atoms with Crippen LogP contribution in [0.4, 0.5) is 8.96 Å². The standard InChI is InChI=1S/C2H5F2NO/c3-5(4)1-2-6/h6H,1-2H2. The molecule has 0 spiro atoms. The van der Waals surface area contributed by atoms with Gasteiger partial charge in [-0.1, -0.05) is 0 Å². The summed E-state index contributed by atoms with van der Waals surface area (Å²) in [5.41, 5.74) is 0. The van der Waals surface area contributed by atoms with Crippen molar-refractivity contribution in [1.29, 1.82) is 0 Å². The fraction of sp³-hybridized carbons (Fsp3) is 1.00. The minimum atomic E-state index is -1.07. The molecule has 0 rings (SSSR count). The zero-order valence-corrected chi connectivity index (χ0v) is 3.06. The number of nitrogens with zero attached hydrogens (tertiary/aromatic N) is 1. The second kappa shape index (κ2) is 2.99. The van der Waals surface area contributed by atoms with Gasteiger partial charge in [0.1, 0.15) is 0 Å². The first-order chi connectivity index (χ1) is 2.77. The van der Waals surface area contributed by atoms with Gasteiger partial charge in [0.2, 0.25) is 0 Å². The first kappa shape index (κ1) is 5.78. The van der Waals surface area contributed by atoms with Gasteiger partial charge in [-0.25, -0.2) is 0 Å². The molecule has 0 aliphatic rings. The smallest absolute Gasteiger partial charge is 0.0851 e. The van der Waals surface area contributed by atoms with Gasteiger partial charge in [-0.15, -0.1) is 8.96 Å². The number of hydrogen-bond donors (Lipinski definition) is 1. The summed E-state index contributed by atoms with van der Waals surface area (Å²) in [7, 11) is 0. The molecule has 2 nitrogen and oxygen atoms in total. The van der Waals surface area contributed by atoms with Crippen molar-refractivity contribution in [2.45, 2.75) is 0 Å². The van der Waals surface area contributed by atoms with E-state index in [0.29, 0.717) is 0 Å². The molecular formula is C2H5F2NO.